The van der Waals surface area contributed by atoms with Crippen LogP contribution in [0.3, 0.4) is 0 Å². The third-order valence-electron chi connectivity index (χ3n) is 6.05. The summed E-state index contributed by atoms with van der Waals surface area (Å²) in [6, 6.07) is 18.7. The van der Waals surface area contributed by atoms with Crippen LogP contribution in [0.15, 0.2) is 72.8 Å². The molecular formula is C28H28F2N2O2S. The predicted molar refractivity (Wildman–Crippen MR) is 135 cm³/mol. The van der Waals surface area contributed by atoms with Gasteiger partial charge in [0.05, 0.1) is 0 Å². The number of benzene rings is 3. The molecule has 1 heterocycles. The Morgan fingerprint density at radius 3 is 2.29 bits per heavy atom. The van der Waals surface area contributed by atoms with Gasteiger partial charge in [0.1, 0.15) is 23.1 Å². The first-order chi connectivity index (χ1) is 16.6. The number of hydrogen-bond acceptors (Lipinski definition) is 3. The van der Waals surface area contributed by atoms with E-state index in [9.17, 15) is 18.4 Å². The SMILES string of the molecule is CC(C)(C)c1ccc(C(=O)N2C(C(=O)NCc3ccc(F)cc3)CSC2c2cccc(F)c2)cc1. The molecule has 0 spiro atoms. The number of halogens is 2. The van der Waals surface area contributed by atoms with Crippen molar-refractivity contribution in [3.63, 3.8) is 0 Å². The van der Waals surface area contributed by atoms with Gasteiger partial charge in [0, 0.05) is 17.9 Å². The molecule has 0 bridgehead atoms. The highest BCUT2D eigenvalue weighted by atomic mass is 32.2. The largest absolute Gasteiger partial charge is 0.350 e. The van der Waals surface area contributed by atoms with E-state index in [4.69, 9.17) is 0 Å². The number of amides is 2. The molecule has 7 heteroatoms. The van der Waals surface area contributed by atoms with Crippen LogP contribution in [0.1, 0.15) is 53.2 Å². The summed E-state index contributed by atoms with van der Waals surface area (Å²) in [5.74, 6) is -0.955. The third kappa shape index (κ3) is 5.73. The highest BCUT2D eigenvalue weighted by Crippen LogP contribution is 2.42. The summed E-state index contributed by atoms with van der Waals surface area (Å²) in [4.78, 5) is 28.4. The fourth-order valence-electron chi connectivity index (χ4n) is 4.04. The zero-order valence-electron chi connectivity index (χ0n) is 19.9. The van der Waals surface area contributed by atoms with E-state index in [1.165, 1.54) is 36.0 Å². The number of thioether (sulfide) groups is 1. The normalized spacial score (nSPS) is 17.9. The molecule has 2 atom stereocenters. The summed E-state index contributed by atoms with van der Waals surface area (Å²) in [5, 5.41) is 2.37. The Morgan fingerprint density at radius 1 is 0.971 bits per heavy atom. The first-order valence-electron chi connectivity index (χ1n) is 11.5. The second kappa shape index (κ2) is 10.2. The molecule has 0 radical (unpaired) electrons. The maximum absolute atomic E-state index is 14.0. The number of carbonyl (C=O) groups excluding carboxylic acids is 2. The van der Waals surface area contributed by atoms with Gasteiger partial charge in [-0.2, -0.15) is 0 Å². The lowest BCUT2D eigenvalue weighted by Crippen LogP contribution is -2.47. The van der Waals surface area contributed by atoms with E-state index in [1.807, 2.05) is 12.1 Å². The lowest BCUT2D eigenvalue weighted by Gasteiger charge is -2.29. The topological polar surface area (TPSA) is 49.4 Å². The number of nitrogens with zero attached hydrogens (tertiary/aromatic N) is 1. The van der Waals surface area contributed by atoms with Crippen molar-refractivity contribution in [3.05, 3.63) is 107 Å². The van der Waals surface area contributed by atoms with Gasteiger partial charge in [0.2, 0.25) is 5.91 Å². The molecule has 2 unspecified atom stereocenters. The van der Waals surface area contributed by atoms with Gasteiger partial charge < -0.3 is 10.2 Å². The second-order valence-corrected chi connectivity index (χ2v) is 10.8. The van der Waals surface area contributed by atoms with Gasteiger partial charge in [-0.3, -0.25) is 9.59 Å². The maximum Gasteiger partial charge on any atom is 0.255 e. The molecule has 4 rings (SSSR count). The quantitative estimate of drug-likeness (QED) is 0.485. The van der Waals surface area contributed by atoms with Gasteiger partial charge in [0.25, 0.3) is 5.91 Å². The summed E-state index contributed by atoms with van der Waals surface area (Å²) in [6.07, 6.45) is 0. The Hall–Kier alpha value is -3.19. The molecule has 1 fully saturated rings. The molecule has 35 heavy (non-hydrogen) atoms. The van der Waals surface area contributed by atoms with Crippen LogP contribution in [0.2, 0.25) is 0 Å². The third-order valence-corrected chi connectivity index (χ3v) is 7.37. The summed E-state index contributed by atoms with van der Waals surface area (Å²) in [6.45, 7) is 6.51. The Balaban J connectivity index is 1.60. The summed E-state index contributed by atoms with van der Waals surface area (Å²) in [7, 11) is 0. The average Bonchev–Trinajstić information content (AvgIpc) is 3.28. The zero-order chi connectivity index (χ0) is 25.2. The Labute approximate surface area is 208 Å². The molecule has 1 saturated heterocycles. The fraction of sp³-hybridized carbons (Fsp3) is 0.286. The maximum atomic E-state index is 14.0. The van der Waals surface area contributed by atoms with E-state index < -0.39 is 17.2 Å². The van der Waals surface area contributed by atoms with E-state index in [1.54, 1.807) is 41.3 Å². The smallest absolute Gasteiger partial charge is 0.255 e. The van der Waals surface area contributed by atoms with Gasteiger partial charge in [0.15, 0.2) is 0 Å². The van der Waals surface area contributed by atoms with E-state index in [2.05, 4.69) is 26.1 Å². The summed E-state index contributed by atoms with van der Waals surface area (Å²) >= 11 is 1.43. The fourth-order valence-corrected chi connectivity index (χ4v) is 5.46. The van der Waals surface area contributed by atoms with Crippen LogP contribution in [0, 0.1) is 11.6 Å². The first-order valence-corrected chi connectivity index (χ1v) is 12.5. The van der Waals surface area contributed by atoms with Crippen molar-refractivity contribution in [2.24, 2.45) is 0 Å². The van der Waals surface area contributed by atoms with E-state index in [0.717, 1.165) is 11.1 Å². The summed E-state index contributed by atoms with van der Waals surface area (Å²) in [5.41, 5.74) is 2.89. The molecule has 3 aromatic carbocycles. The van der Waals surface area contributed by atoms with Crippen LogP contribution < -0.4 is 5.32 Å². The Bertz CT molecular complexity index is 1210. The Kier molecular flexibility index (Phi) is 7.26. The van der Waals surface area contributed by atoms with Crippen molar-refractivity contribution in [1.82, 2.24) is 10.2 Å². The van der Waals surface area contributed by atoms with Crippen LogP contribution in [-0.4, -0.2) is 28.5 Å². The number of rotatable bonds is 5. The molecule has 0 aliphatic carbocycles. The van der Waals surface area contributed by atoms with E-state index in [0.29, 0.717) is 16.9 Å². The molecule has 1 aliphatic rings. The lowest BCUT2D eigenvalue weighted by atomic mass is 9.86. The second-order valence-electron chi connectivity index (χ2n) is 9.64. The van der Waals surface area contributed by atoms with Crippen molar-refractivity contribution < 1.29 is 18.4 Å². The van der Waals surface area contributed by atoms with Gasteiger partial charge in [-0.1, -0.05) is 57.2 Å². The van der Waals surface area contributed by atoms with E-state index >= 15 is 0 Å². The van der Waals surface area contributed by atoms with Crippen LogP contribution in [0.5, 0.6) is 0 Å². The molecule has 3 aromatic rings. The summed E-state index contributed by atoms with van der Waals surface area (Å²) < 4.78 is 27.2. The highest BCUT2D eigenvalue weighted by Gasteiger charge is 2.42. The monoisotopic (exact) mass is 494 g/mol. The predicted octanol–water partition coefficient (Wildman–Crippen LogP) is 5.84. The molecule has 1 aliphatic heterocycles. The number of carbonyl (C=O) groups is 2. The van der Waals surface area contributed by atoms with Crippen molar-refractivity contribution in [1.29, 1.82) is 0 Å². The van der Waals surface area contributed by atoms with Gasteiger partial charge in [-0.25, -0.2) is 8.78 Å². The zero-order valence-corrected chi connectivity index (χ0v) is 20.7. The van der Waals surface area contributed by atoms with Crippen molar-refractivity contribution in [2.45, 2.75) is 44.1 Å². The standard InChI is InChI=1S/C28H28F2N2O2S/c1-28(2,3)21-11-9-19(10-12-21)26(34)32-24(17-35-27(32)20-5-4-6-23(30)15-20)25(33)31-16-18-7-13-22(29)14-8-18/h4-15,24,27H,16-17H2,1-3H3,(H,31,33). The molecule has 2 amide bonds. The number of nitrogens with one attached hydrogen (secondary N) is 1. The van der Waals surface area contributed by atoms with Crippen LogP contribution >= 0.6 is 11.8 Å². The van der Waals surface area contributed by atoms with Crippen molar-refractivity contribution >= 4 is 23.6 Å². The molecular weight excluding hydrogens is 466 g/mol. The van der Waals surface area contributed by atoms with Crippen LogP contribution in [-0.2, 0) is 16.8 Å². The minimum absolute atomic E-state index is 0.0576. The minimum atomic E-state index is -0.733. The number of hydrogen-bond donors (Lipinski definition) is 1. The van der Waals surface area contributed by atoms with Crippen molar-refractivity contribution in [3.8, 4) is 0 Å². The minimum Gasteiger partial charge on any atom is -0.350 e. The molecule has 4 nitrogen and oxygen atoms in total. The molecule has 182 valence electrons. The van der Waals surface area contributed by atoms with Crippen LogP contribution in [0.25, 0.3) is 0 Å². The highest BCUT2D eigenvalue weighted by molar-refractivity contribution is 7.99. The lowest BCUT2D eigenvalue weighted by molar-refractivity contribution is -0.125. The first kappa shape index (κ1) is 24.9. The van der Waals surface area contributed by atoms with E-state index in [-0.39, 0.29) is 29.6 Å². The van der Waals surface area contributed by atoms with Gasteiger partial charge in [-0.05, 0) is 58.5 Å². The average molecular weight is 495 g/mol. The van der Waals surface area contributed by atoms with Crippen molar-refractivity contribution in [2.75, 3.05) is 5.75 Å². The molecule has 1 N–H and O–H groups in total. The van der Waals surface area contributed by atoms with Gasteiger partial charge in [-0.15, -0.1) is 11.8 Å². The van der Waals surface area contributed by atoms with Crippen LogP contribution in [0.4, 0.5) is 8.78 Å². The molecule has 0 aromatic heterocycles. The van der Waals surface area contributed by atoms with Gasteiger partial charge >= 0.3 is 0 Å². The molecule has 0 saturated carbocycles. The Morgan fingerprint density at radius 2 is 1.66 bits per heavy atom.